The topological polar surface area (TPSA) is 64.4 Å². The van der Waals surface area contributed by atoms with Crippen LogP contribution in [-0.4, -0.2) is 43.2 Å². The molecule has 0 atom stereocenters. The number of hydrogen-bond acceptors (Lipinski definition) is 3. The second-order valence-electron chi connectivity index (χ2n) is 4.58. The average Bonchev–Trinajstić information content (AvgIpc) is 2.29. The standard InChI is InChI=1S/C11H21N3O2S/c1-3-7-13(10-6-12)17(15,16)14-8-4-11(2)5-9-14/h11H,3-5,7-10H2,1-2H3. The predicted octanol–water partition coefficient (Wildman–Crippen LogP) is 1.20. The first-order valence-corrected chi connectivity index (χ1v) is 7.54. The van der Waals surface area contributed by atoms with Crippen molar-refractivity contribution < 1.29 is 8.42 Å². The van der Waals surface area contributed by atoms with Gasteiger partial charge in [0.15, 0.2) is 0 Å². The molecule has 1 aliphatic rings. The summed E-state index contributed by atoms with van der Waals surface area (Å²) in [5.74, 6) is 0.594. The van der Waals surface area contributed by atoms with E-state index in [1.807, 2.05) is 13.0 Å². The fraction of sp³-hybridized carbons (Fsp3) is 0.909. The molecule has 0 bridgehead atoms. The molecule has 0 radical (unpaired) electrons. The third kappa shape index (κ3) is 3.66. The van der Waals surface area contributed by atoms with Crippen LogP contribution in [0, 0.1) is 17.2 Å². The molecular weight excluding hydrogens is 238 g/mol. The Balaban J connectivity index is 2.74. The van der Waals surface area contributed by atoms with Gasteiger partial charge >= 0.3 is 0 Å². The number of hydrogen-bond donors (Lipinski definition) is 0. The second-order valence-corrected chi connectivity index (χ2v) is 6.51. The first-order chi connectivity index (χ1) is 8.02. The van der Waals surface area contributed by atoms with Gasteiger partial charge in [0, 0.05) is 19.6 Å². The molecule has 1 aliphatic heterocycles. The zero-order chi connectivity index (χ0) is 12.9. The molecule has 98 valence electrons. The number of piperidine rings is 1. The first-order valence-electron chi connectivity index (χ1n) is 6.14. The molecule has 0 aliphatic carbocycles. The fourth-order valence-electron chi connectivity index (χ4n) is 1.98. The zero-order valence-corrected chi connectivity index (χ0v) is 11.4. The first kappa shape index (κ1) is 14.4. The smallest absolute Gasteiger partial charge is 0.197 e. The van der Waals surface area contributed by atoms with E-state index in [4.69, 9.17) is 5.26 Å². The van der Waals surface area contributed by atoms with Gasteiger partial charge in [-0.15, -0.1) is 0 Å². The minimum Gasteiger partial charge on any atom is -0.197 e. The molecule has 5 nitrogen and oxygen atoms in total. The van der Waals surface area contributed by atoms with Crippen LogP contribution in [0.1, 0.15) is 33.1 Å². The average molecular weight is 259 g/mol. The van der Waals surface area contributed by atoms with Crippen molar-refractivity contribution in [1.29, 1.82) is 5.26 Å². The van der Waals surface area contributed by atoms with Crippen molar-refractivity contribution in [2.24, 2.45) is 5.92 Å². The van der Waals surface area contributed by atoms with Gasteiger partial charge < -0.3 is 0 Å². The van der Waals surface area contributed by atoms with E-state index in [1.165, 1.54) is 8.61 Å². The molecule has 0 N–H and O–H groups in total. The maximum Gasteiger partial charge on any atom is 0.282 e. The van der Waals surface area contributed by atoms with Gasteiger partial charge in [-0.2, -0.15) is 22.3 Å². The van der Waals surface area contributed by atoms with E-state index in [1.54, 1.807) is 0 Å². The summed E-state index contributed by atoms with van der Waals surface area (Å²) in [7, 11) is -3.43. The van der Waals surface area contributed by atoms with Crippen molar-refractivity contribution in [2.75, 3.05) is 26.2 Å². The van der Waals surface area contributed by atoms with Crippen molar-refractivity contribution in [3.05, 3.63) is 0 Å². The van der Waals surface area contributed by atoms with E-state index in [2.05, 4.69) is 6.92 Å². The Bertz CT molecular complexity index is 367. The lowest BCUT2D eigenvalue weighted by molar-refractivity contribution is 0.267. The van der Waals surface area contributed by atoms with Gasteiger partial charge in [0.05, 0.1) is 6.07 Å². The minimum absolute atomic E-state index is 0.0533. The number of rotatable bonds is 5. The summed E-state index contributed by atoms with van der Waals surface area (Å²) in [6.45, 7) is 5.58. The van der Waals surface area contributed by atoms with Crippen molar-refractivity contribution in [3.8, 4) is 6.07 Å². The van der Waals surface area contributed by atoms with Crippen LogP contribution in [-0.2, 0) is 10.2 Å². The SMILES string of the molecule is CCCN(CC#N)S(=O)(=O)N1CCC(C)CC1. The fourth-order valence-corrected chi connectivity index (χ4v) is 3.62. The normalized spacial score (nSPS) is 19.4. The quantitative estimate of drug-likeness (QED) is 0.697. The molecule has 0 saturated carbocycles. The van der Waals surface area contributed by atoms with Gasteiger partial charge in [-0.1, -0.05) is 13.8 Å². The third-order valence-electron chi connectivity index (χ3n) is 3.12. The molecule has 0 aromatic carbocycles. The van der Waals surface area contributed by atoms with E-state index in [0.717, 1.165) is 19.3 Å². The summed E-state index contributed by atoms with van der Waals surface area (Å²) >= 11 is 0. The lowest BCUT2D eigenvalue weighted by atomic mass is 10.0. The lowest BCUT2D eigenvalue weighted by Crippen LogP contribution is -2.47. The summed E-state index contributed by atoms with van der Waals surface area (Å²) in [6.07, 6.45) is 2.54. The largest absolute Gasteiger partial charge is 0.282 e. The molecule has 0 aromatic heterocycles. The van der Waals surface area contributed by atoms with Crippen LogP contribution < -0.4 is 0 Å². The Morgan fingerprint density at radius 1 is 1.41 bits per heavy atom. The lowest BCUT2D eigenvalue weighted by Gasteiger charge is -2.33. The maximum atomic E-state index is 12.3. The summed E-state index contributed by atoms with van der Waals surface area (Å²) in [5.41, 5.74) is 0. The molecule has 1 heterocycles. The van der Waals surface area contributed by atoms with E-state index in [0.29, 0.717) is 25.6 Å². The molecule has 0 aromatic rings. The van der Waals surface area contributed by atoms with Gasteiger partial charge in [-0.25, -0.2) is 0 Å². The van der Waals surface area contributed by atoms with E-state index in [-0.39, 0.29) is 6.54 Å². The molecule has 0 amide bonds. The summed E-state index contributed by atoms with van der Waals surface area (Å²) in [6, 6.07) is 1.93. The van der Waals surface area contributed by atoms with E-state index < -0.39 is 10.2 Å². The Morgan fingerprint density at radius 2 is 2.00 bits per heavy atom. The van der Waals surface area contributed by atoms with Crippen molar-refractivity contribution in [3.63, 3.8) is 0 Å². The molecule has 17 heavy (non-hydrogen) atoms. The van der Waals surface area contributed by atoms with Crippen LogP contribution >= 0.6 is 0 Å². The summed E-state index contributed by atoms with van der Waals surface area (Å²) < 4.78 is 27.3. The molecule has 1 fully saturated rings. The van der Waals surface area contributed by atoms with Crippen LogP contribution in [0.15, 0.2) is 0 Å². The van der Waals surface area contributed by atoms with Gasteiger partial charge in [0.1, 0.15) is 6.54 Å². The predicted molar refractivity (Wildman–Crippen MR) is 66.4 cm³/mol. The van der Waals surface area contributed by atoms with Crippen molar-refractivity contribution in [2.45, 2.75) is 33.1 Å². The molecule has 6 heteroatoms. The summed E-state index contributed by atoms with van der Waals surface area (Å²) in [4.78, 5) is 0. The van der Waals surface area contributed by atoms with Gasteiger partial charge in [-0.3, -0.25) is 0 Å². The highest BCUT2D eigenvalue weighted by atomic mass is 32.2. The highest BCUT2D eigenvalue weighted by Crippen LogP contribution is 2.20. The van der Waals surface area contributed by atoms with E-state index in [9.17, 15) is 8.42 Å². The monoisotopic (exact) mass is 259 g/mol. The van der Waals surface area contributed by atoms with Crippen molar-refractivity contribution >= 4 is 10.2 Å². The van der Waals surface area contributed by atoms with Crippen LogP contribution in [0.4, 0.5) is 0 Å². The molecular formula is C11H21N3O2S. The second kappa shape index (κ2) is 6.34. The van der Waals surface area contributed by atoms with E-state index >= 15 is 0 Å². The van der Waals surface area contributed by atoms with Crippen LogP contribution in [0.2, 0.25) is 0 Å². The number of nitrogens with zero attached hydrogens (tertiary/aromatic N) is 3. The Labute approximate surface area is 104 Å². The van der Waals surface area contributed by atoms with Crippen LogP contribution in [0.3, 0.4) is 0 Å². The number of nitriles is 1. The molecule has 0 unspecified atom stereocenters. The minimum atomic E-state index is -3.43. The van der Waals surface area contributed by atoms with Gasteiger partial charge in [-0.05, 0) is 25.2 Å². The molecule has 1 rings (SSSR count). The highest BCUT2D eigenvalue weighted by Gasteiger charge is 2.31. The van der Waals surface area contributed by atoms with Gasteiger partial charge in [0.25, 0.3) is 10.2 Å². The Morgan fingerprint density at radius 3 is 2.47 bits per heavy atom. The third-order valence-corrected chi connectivity index (χ3v) is 5.10. The zero-order valence-electron chi connectivity index (χ0n) is 10.6. The van der Waals surface area contributed by atoms with Crippen LogP contribution in [0.5, 0.6) is 0 Å². The summed E-state index contributed by atoms with van der Waals surface area (Å²) in [5, 5.41) is 8.69. The maximum absolute atomic E-state index is 12.3. The van der Waals surface area contributed by atoms with Crippen molar-refractivity contribution in [1.82, 2.24) is 8.61 Å². The molecule has 0 spiro atoms. The highest BCUT2D eigenvalue weighted by molar-refractivity contribution is 7.86. The Hall–Kier alpha value is -0.640. The Kier molecular flexibility index (Phi) is 5.37. The van der Waals surface area contributed by atoms with Gasteiger partial charge in [0.2, 0.25) is 0 Å². The molecule has 1 saturated heterocycles. The van der Waals surface area contributed by atoms with Crippen LogP contribution in [0.25, 0.3) is 0 Å².